The lowest BCUT2D eigenvalue weighted by Crippen LogP contribution is -2.36. The quantitative estimate of drug-likeness (QED) is 0.676. The number of amides is 1. The van der Waals surface area contributed by atoms with Crippen LogP contribution in [0, 0.1) is 27.7 Å². The molecule has 0 saturated heterocycles. The molecule has 3 aromatic rings. The van der Waals surface area contributed by atoms with Crippen LogP contribution in [0.15, 0.2) is 34.9 Å². The highest BCUT2D eigenvalue weighted by Gasteiger charge is 2.22. The van der Waals surface area contributed by atoms with E-state index in [1.807, 2.05) is 62.7 Å². The van der Waals surface area contributed by atoms with Gasteiger partial charge in [-0.1, -0.05) is 17.3 Å². The van der Waals surface area contributed by atoms with E-state index in [2.05, 4.69) is 15.6 Å². The highest BCUT2D eigenvalue weighted by atomic mass is 16.5. The molecular formula is C21H26N4O3. The molecule has 2 aromatic heterocycles. The Morgan fingerprint density at radius 3 is 2.71 bits per heavy atom. The van der Waals surface area contributed by atoms with E-state index in [0.29, 0.717) is 17.9 Å². The highest BCUT2D eigenvalue weighted by molar-refractivity contribution is 5.93. The number of benzene rings is 1. The zero-order valence-electron chi connectivity index (χ0n) is 16.9. The first-order valence-electron chi connectivity index (χ1n) is 9.30. The lowest BCUT2D eigenvalue weighted by Gasteiger charge is -2.15. The topological polar surface area (TPSA) is 82.2 Å². The monoisotopic (exact) mass is 382 g/mol. The Labute approximate surface area is 164 Å². The van der Waals surface area contributed by atoms with Gasteiger partial charge in [-0.15, -0.1) is 0 Å². The molecule has 0 bridgehead atoms. The minimum atomic E-state index is -0.284. The molecule has 1 N–H and O–H groups in total. The Bertz CT molecular complexity index is 974. The van der Waals surface area contributed by atoms with Gasteiger partial charge < -0.3 is 14.6 Å². The fraction of sp³-hybridized carbons (Fsp3) is 0.381. The number of carbonyl (C=O) groups excluding carboxylic acids is 1. The second-order valence-corrected chi connectivity index (χ2v) is 7.15. The summed E-state index contributed by atoms with van der Waals surface area (Å²) in [6.07, 6.45) is 0. The summed E-state index contributed by atoms with van der Waals surface area (Å²) < 4.78 is 13.0. The number of nitrogens with zero attached hydrogens (tertiary/aromatic N) is 3. The molecule has 0 spiro atoms. The van der Waals surface area contributed by atoms with Crippen molar-refractivity contribution in [2.75, 3.05) is 0 Å². The van der Waals surface area contributed by atoms with Gasteiger partial charge in [-0.2, -0.15) is 5.10 Å². The van der Waals surface area contributed by atoms with Crippen molar-refractivity contribution in [1.29, 1.82) is 0 Å². The summed E-state index contributed by atoms with van der Waals surface area (Å²) in [6.45, 7) is 10.5. The smallest absolute Gasteiger partial charge is 0.274 e. The fourth-order valence-corrected chi connectivity index (χ4v) is 3.06. The molecule has 28 heavy (non-hydrogen) atoms. The van der Waals surface area contributed by atoms with Gasteiger partial charge >= 0.3 is 0 Å². The van der Waals surface area contributed by atoms with E-state index in [1.165, 1.54) is 0 Å². The largest absolute Gasteiger partial charge is 0.489 e. The maximum atomic E-state index is 12.7. The molecule has 0 aliphatic heterocycles. The van der Waals surface area contributed by atoms with Crippen molar-refractivity contribution in [1.82, 2.24) is 20.3 Å². The van der Waals surface area contributed by atoms with Crippen LogP contribution in [0.5, 0.6) is 5.75 Å². The first kappa shape index (κ1) is 19.7. The van der Waals surface area contributed by atoms with Crippen LogP contribution in [0.1, 0.15) is 45.7 Å². The van der Waals surface area contributed by atoms with E-state index < -0.39 is 0 Å². The maximum absolute atomic E-state index is 12.7. The molecule has 0 radical (unpaired) electrons. The van der Waals surface area contributed by atoms with Crippen molar-refractivity contribution in [2.24, 2.45) is 0 Å². The molecule has 7 heteroatoms. The van der Waals surface area contributed by atoms with Crippen molar-refractivity contribution in [2.45, 2.75) is 53.8 Å². The van der Waals surface area contributed by atoms with Gasteiger partial charge in [0.2, 0.25) is 0 Å². The number of rotatable bonds is 7. The van der Waals surface area contributed by atoms with E-state index >= 15 is 0 Å². The molecule has 1 amide bonds. The van der Waals surface area contributed by atoms with E-state index in [4.69, 9.17) is 9.26 Å². The van der Waals surface area contributed by atoms with Gasteiger partial charge in [0.1, 0.15) is 18.1 Å². The van der Waals surface area contributed by atoms with Gasteiger partial charge in [-0.25, -0.2) is 0 Å². The number of hydrogen-bond acceptors (Lipinski definition) is 5. The van der Waals surface area contributed by atoms with Crippen LogP contribution in [0.3, 0.4) is 0 Å². The third-order valence-electron chi connectivity index (χ3n) is 4.50. The van der Waals surface area contributed by atoms with Gasteiger partial charge in [0.15, 0.2) is 5.69 Å². The molecule has 0 aliphatic carbocycles. The molecular weight excluding hydrogens is 356 g/mol. The van der Waals surface area contributed by atoms with Gasteiger partial charge in [-0.05, 0) is 58.4 Å². The second kappa shape index (κ2) is 8.29. The summed E-state index contributed by atoms with van der Waals surface area (Å²) in [5.41, 5.74) is 4.03. The number of ether oxygens (including phenoxy) is 1. The molecule has 0 fully saturated rings. The Balaban J connectivity index is 1.66. The average Bonchev–Trinajstić information content (AvgIpc) is 3.14. The van der Waals surface area contributed by atoms with Crippen molar-refractivity contribution >= 4 is 5.91 Å². The predicted molar refractivity (Wildman–Crippen MR) is 105 cm³/mol. The van der Waals surface area contributed by atoms with E-state index in [-0.39, 0.29) is 24.2 Å². The molecule has 0 saturated carbocycles. The lowest BCUT2D eigenvalue weighted by atomic mass is 10.2. The summed E-state index contributed by atoms with van der Waals surface area (Å²) >= 11 is 0. The summed E-state index contributed by atoms with van der Waals surface area (Å²) in [5, 5.41) is 11.3. The molecule has 7 nitrogen and oxygen atoms in total. The molecule has 3 rings (SSSR count). The predicted octanol–water partition coefficient (Wildman–Crippen LogP) is 3.50. The van der Waals surface area contributed by atoms with Crippen LogP contribution in [0.2, 0.25) is 0 Å². The van der Waals surface area contributed by atoms with Crippen LogP contribution in [0.25, 0.3) is 0 Å². The molecule has 1 unspecified atom stereocenters. The van der Waals surface area contributed by atoms with Crippen LogP contribution in [-0.2, 0) is 13.2 Å². The maximum Gasteiger partial charge on any atom is 0.274 e. The zero-order chi connectivity index (χ0) is 20.3. The fourth-order valence-electron chi connectivity index (χ4n) is 3.06. The standard InChI is InChI=1S/C21H26N4O3/c1-13-7-6-8-18(9-13)27-12-19-17(5)28-24-20(19)21(26)22-15(3)11-25-16(4)10-14(2)23-25/h6-10,15H,11-12H2,1-5H3,(H,22,26). The van der Waals surface area contributed by atoms with E-state index in [9.17, 15) is 4.79 Å². The summed E-state index contributed by atoms with van der Waals surface area (Å²) in [7, 11) is 0. The van der Waals surface area contributed by atoms with Crippen molar-refractivity contribution in [3.8, 4) is 5.75 Å². The summed E-state index contributed by atoms with van der Waals surface area (Å²) in [4.78, 5) is 12.7. The third-order valence-corrected chi connectivity index (χ3v) is 4.50. The van der Waals surface area contributed by atoms with Gasteiger partial charge in [-0.3, -0.25) is 9.48 Å². The number of hydrogen-bond donors (Lipinski definition) is 1. The molecule has 0 aliphatic rings. The zero-order valence-corrected chi connectivity index (χ0v) is 16.9. The minimum absolute atomic E-state index is 0.118. The Morgan fingerprint density at radius 1 is 1.25 bits per heavy atom. The number of aromatic nitrogens is 3. The van der Waals surface area contributed by atoms with Crippen molar-refractivity contribution < 1.29 is 14.1 Å². The minimum Gasteiger partial charge on any atom is -0.489 e. The second-order valence-electron chi connectivity index (χ2n) is 7.15. The average molecular weight is 382 g/mol. The number of carbonyl (C=O) groups is 1. The lowest BCUT2D eigenvalue weighted by molar-refractivity contribution is 0.0924. The van der Waals surface area contributed by atoms with Crippen LogP contribution in [0.4, 0.5) is 0 Å². The van der Waals surface area contributed by atoms with Crippen LogP contribution in [-0.4, -0.2) is 26.9 Å². The van der Waals surface area contributed by atoms with Crippen LogP contribution >= 0.6 is 0 Å². The Hall–Kier alpha value is -3.09. The summed E-state index contributed by atoms with van der Waals surface area (Å²) in [5.74, 6) is 1.03. The molecule has 2 heterocycles. The van der Waals surface area contributed by atoms with E-state index in [1.54, 1.807) is 6.92 Å². The Kier molecular flexibility index (Phi) is 5.82. The number of aryl methyl sites for hydroxylation is 4. The van der Waals surface area contributed by atoms with Crippen LogP contribution < -0.4 is 10.1 Å². The number of nitrogens with one attached hydrogen (secondary N) is 1. The highest BCUT2D eigenvalue weighted by Crippen LogP contribution is 2.19. The van der Waals surface area contributed by atoms with Gasteiger partial charge in [0, 0.05) is 11.7 Å². The third kappa shape index (κ3) is 4.60. The Morgan fingerprint density at radius 2 is 2.04 bits per heavy atom. The van der Waals surface area contributed by atoms with E-state index in [0.717, 1.165) is 22.7 Å². The van der Waals surface area contributed by atoms with Gasteiger partial charge in [0.05, 0.1) is 17.8 Å². The molecule has 148 valence electrons. The van der Waals surface area contributed by atoms with Crippen molar-refractivity contribution in [3.63, 3.8) is 0 Å². The van der Waals surface area contributed by atoms with Gasteiger partial charge in [0.25, 0.3) is 5.91 Å². The molecule has 1 aromatic carbocycles. The SMILES string of the molecule is Cc1cccc(OCc2c(C(=O)NC(C)Cn3nc(C)cc3C)noc2C)c1. The first-order valence-corrected chi connectivity index (χ1v) is 9.30. The molecule has 1 atom stereocenters. The normalized spacial score (nSPS) is 12.0. The summed E-state index contributed by atoms with van der Waals surface area (Å²) in [6, 6.07) is 9.65. The van der Waals surface area contributed by atoms with Crippen molar-refractivity contribution in [3.05, 3.63) is 64.3 Å². The first-order chi connectivity index (χ1) is 13.3.